The molecule has 62 valence electrons. The number of ether oxygens (including phenoxy) is 1. The van der Waals surface area contributed by atoms with Crippen molar-refractivity contribution in [2.45, 2.75) is 26.7 Å². The molecule has 0 unspecified atom stereocenters. The van der Waals surface area contributed by atoms with Crippen molar-refractivity contribution in [1.82, 2.24) is 0 Å². The number of halogens is 2. The van der Waals surface area contributed by atoms with Crippen LogP contribution in [0.4, 0.5) is 8.78 Å². The molecule has 0 saturated carbocycles. The summed E-state index contributed by atoms with van der Waals surface area (Å²) in [6.45, 7) is 4.09. The molecule has 0 spiro atoms. The molecule has 0 saturated heterocycles. The van der Waals surface area contributed by atoms with Crippen LogP contribution in [0.25, 0.3) is 0 Å². The lowest BCUT2D eigenvalue weighted by Crippen LogP contribution is -2.06. The molecular formula is C7H14F2O. The van der Waals surface area contributed by atoms with E-state index in [2.05, 4.69) is 4.74 Å². The summed E-state index contributed by atoms with van der Waals surface area (Å²) < 4.78 is 27.5. The van der Waals surface area contributed by atoms with Crippen molar-refractivity contribution in [2.24, 2.45) is 5.92 Å². The van der Waals surface area contributed by atoms with E-state index in [0.717, 1.165) is 6.42 Å². The van der Waals surface area contributed by atoms with Crippen LogP contribution in [0.2, 0.25) is 0 Å². The molecule has 0 atom stereocenters. The van der Waals surface area contributed by atoms with Crippen molar-refractivity contribution in [1.29, 1.82) is 0 Å². The summed E-state index contributed by atoms with van der Waals surface area (Å²) in [7, 11) is 0. The van der Waals surface area contributed by atoms with Gasteiger partial charge < -0.3 is 4.74 Å². The third-order valence-corrected chi connectivity index (χ3v) is 1.08. The van der Waals surface area contributed by atoms with Gasteiger partial charge in [0.1, 0.15) is 6.61 Å². The maximum absolute atomic E-state index is 11.4. The fraction of sp³-hybridized carbons (Fsp3) is 1.00. The van der Waals surface area contributed by atoms with E-state index >= 15 is 0 Å². The fourth-order valence-electron chi connectivity index (χ4n) is 0.491. The molecule has 0 N–H and O–H groups in total. The molecule has 0 bridgehead atoms. The van der Waals surface area contributed by atoms with Gasteiger partial charge in [-0.3, -0.25) is 0 Å². The molecule has 0 aromatic rings. The minimum atomic E-state index is -2.33. The highest BCUT2D eigenvalue weighted by Crippen LogP contribution is 2.00. The van der Waals surface area contributed by atoms with Gasteiger partial charge in [0, 0.05) is 6.61 Å². The zero-order valence-electron chi connectivity index (χ0n) is 6.44. The summed E-state index contributed by atoms with van der Waals surface area (Å²) in [6.07, 6.45) is -1.47. The third kappa shape index (κ3) is 7.82. The summed E-state index contributed by atoms with van der Waals surface area (Å²) in [4.78, 5) is 0. The van der Waals surface area contributed by atoms with E-state index < -0.39 is 13.0 Å². The first kappa shape index (κ1) is 9.82. The zero-order valence-corrected chi connectivity index (χ0v) is 6.44. The average molecular weight is 152 g/mol. The lowest BCUT2D eigenvalue weighted by molar-refractivity contribution is 0.0140. The molecule has 0 rings (SSSR count). The molecule has 0 aliphatic heterocycles. The second-order valence-electron chi connectivity index (χ2n) is 2.65. The molecule has 0 aliphatic rings. The summed E-state index contributed by atoms with van der Waals surface area (Å²) in [5.41, 5.74) is 0. The molecule has 0 amide bonds. The van der Waals surface area contributed by atoms with Crippen molar-refractivity contribution in [3.63, 3.8) is 0 Å². The van der Waals surface area contributed by atoms with E-state index in [0.29, 0.717) is 12.5 Å². The number of rotatable bonds is 5. The lowest BCUT2D eigenvalue weighted by atomic mass is 10.1. The first-order chi connectivity index (χ1) is 4.63. The Bertz CT molecular complexity index is 64.0. The van der Waals surface area contributed by atoms with Crippen molar-refractivity contribution in [2.75, 3.05) is 13.2 Å². The van der Waals surface area contributed by atoms with Crippen LogP contribution in [0.1, 0.15) is 20.3 Å². The van der Waals surface area contributed by atoms with Gasteiger partial charge in [-0.15, -0.1) is 0 Å². The van der Waals surface area contributed by atoms with Gasteiger partial charge in [0.15, 0.2) is 0 Å². The smallest absolute Gasteiger partial charge is 0.261 e. The number of hydrogen-bond acceptors (Lipinski definition) is 1. The Labute approximate surface area is 60.4 Å². The molecule has 1 nitrogen and oxygen atoms in total. The van der Waals surface area contributed by atoms with Crippen LogP contribution in [0.3, 0.4) is 0 Å². The van der Waals surface area contributed by atoms with Gasteiger partial charge in [-0.1, -0.05) is 13.8 Å². The average Bonchev–Trinajstić information content (AvgIpc) is 1.79. The Hall–Kier alpha value is -0.180. The first-order valence-electron chi connectivity index (χ1n) is 3.48. The van der Waals surface area contributed by atoms with Gasteiger partial charge in [-0.25, -0.2) is 8.78 Å². The van der Waals surface area contributed by atoms with E-state index in [9.17, 15) is 8.78 Å². The highest BCUT2D eigenvalue weighted by atomic mass is 19.3. The molecule has 0 aromatic carbocycles. The van der Waals surface area contributed by atoms with Crippen LogP contribution in [0.5, 0.6) is 0 Å². The van der Waals surface area contributed by atoms with Crippen molar-refractivity contribution in [3.05, 3.63) is 0 Å². The highest BCUT2D eigenvalue weighted by Gasteiger charge is 2.01. The van der Waals surface area contributed by atoms with E-state index in [1.165, 1.54) is 0 Å². The van der Waals surface area contributed by atoms with Gasteiger partial charge >= 0.3 is 0 Å². The van der Waals surface area contributed by atoms with Crippen LogP contribution < -0.4 is 0 Å². The van der Waals surface area contributed by atoms with E-state index in [1.54, 1.807) is 0 Å². The summed E-state index contributed by atoms with van der Waals surface area (Å²) in [5, 5.41) is 0. The minimum absolute atomic E-state index is 0.424. The third-order valence-electron chi connectivity index (χ3n) is 1.08. The Balaban J connectivity index is 2.91. The summed E-state index contributed by atoms with van der Waals surface area (Å²) >= 11 is 0. The molecule has 0 fully saturated rings. The highest BCUT2D eigenvalue weighted by molar-refractivity contribution is 4.43. The van der Waals surface area contributed by atoms with Crippen LogP contribution >= 0.6 is 0 Å². The van der Waals surface area contributed by atoms with Crippen LogP contribution in [-0.2, 0) is 4.74 Å². The summed E-state index contributed by atoms with van der Waals surface area (Å²) in [5.74, 6) is 0.526. The van der Waals surface area contributed by atoms with Gasteiger partial charge in [0.25, 0.3) is 6.43 Å². The van der Waals surface area contributed by atoms with Crippen LogP contribution in [0, 0.1) is 5.92 Å². The largest absolute Gasteiger partial charge is 0.376 e. The molecule has 0 heterocycles. The quantitative estimate of drug-likeness (QED) is 0.549. The van der Waals surface area contributed by atoms with Crippen molar-refractivity contribution < 1.29 is 13.5 Å². The maximum atomic E-state index is 11.4. The van der Waals surface area contributed by atoms with E-state index in [1.807, 2.05) is 13.8 Å². The first-order valence-corrected chi connectivity index (χ1v) is 3.48. The monoisotopic (exact) mass is 152 g/mol. The Morgan fingerprint density at radius 2 is 1.90 bits per heavy atom. The number of alkyl halides is 2. The SMILES string of the molecule is CC(C)CCOCC(F)F. The van der Waals surface area contributed by atoms with Crippen LogP contribution in [0.15, 0.2) is 0 Å². The molecule has 3 heteroatoms. The summed E-state index contributed by atoms with van der Waals surface area (Å²) in [6, 6.07) is 0. The predicted octanol–water partition coefficient (Wildman–Crippen LogP) is 2.31. The molecule has 0 aromatic heterocycles. The van der Waals surface area contributed by atoms with Gasteiger partial charge in [0.2, 0.25) is 0 Å². The topological polar surface area (TPSA) is 9.23 Å². The Morgan fingerprint density at radius 1 is 1.30 bits per heavy atom. The van der Waals surface area contributed by atoms with Crippen molar-refractivity contribution >= 4 is 0 Å². The lowest BCUT2D eigenvalue weighted by Gasteiger charge is -2.04. The maximum Gasteiger partial charge on any atom is 0.261 e. The Morgan fingerprint density at radius 3 is 2.30 bits per heavy atom. The molecule has 10 heavy (non-hydrogen) atoms. The van der Waals surface area contributed by atoms with Crippen LogP contribution in [-0.4, -0.2) is 19.6 Å². The van der Waals surface area contributed by atoms with Gasteiger partial charge in [-0.05, 0) is 12.3 Å². The van der Waals surface area contributed by atoms with Gasteiger partial charge in [-0.2, -0.15) is 0 Å². The zero-order chi connectivity index (χ0) is 7.98. The second kappa shape index (κ2) is 5.59. The molecular weight excluding hydrogens is 138 g/mol. The van der Waals surface area contributed by atoms with E-state index in [4.69, 9.17) is 0 Å². The fourth-order valence-corrected chi connectivity index (χ4v) is 0.491. The Kier molecular flexibility index (Phi) is 5.49. The second-order valence-corrected chi connectivity index (χ2v) is 2.65. The standard InChI is InChI=1S/C7H14F2O/c1-6(2)3-4-10-5-7(8)9/h6-7H,3-5H2,1-2H3. The minimum Gasteiger partial charge on any atom is -0.376 e. The molecule has 0 radical (unpaired) electrons. The van der Waals surface area contributed by atoms with E-state index in [-0.39, 0.29) is 0 Å². The molecule has 0 aliphatic carbocycles. The predicted molar refractivity (Wildman–Crippen MR) is 36.3 cm³/mol. The van der Waals surface area contributed by atoms with Crippen molar-refractivity contribution in [3.8, 4) is 0 Å². The van der Waals surface area contributed by atoms with Gasteiger partial charge in [0.05, 0.1) is 0 Å². The number of hydrogen-bond donors (Lipinski definition) is 0. The normalized spacial score (nSPS) is 11.4.